The molecule has 6 nitrogen and oxygen atoms in total. The smallest absolute Gasteiger partial charge is 0.320 e. The fourth-order valence-electron chi connectivity index (χ4n) is 3.65. The van der Waals surface area contributed by atoms with E-state index in [-0.39, 0.29) is 17.4 Å². The molecule has 0 saturated carbocycles. The van der Waals surface area contributed by atoms with Crippen LogP contribution in [0.3, 0.4) is 0 Å². The topological polar surface area (TPSA) is 71.4 Å². The summed E-state index contributed by atoms with van der Waals surface area (Å²) in [6.45, 7) is 1.75. The molecule has 2 fully saturated rings. The minimum Gasteiger partial charge on any atom is -0.493 e. The third-order valence-electron chi connectivity index (χ3n) is 4.69. The van der Waals surface area contributed by atoms with Gasteiger partial charge in [0.15, 0.2) is 0 Å². The van der Waals surface area contributed by atoms with Gasteiger partial charge in [-0.25, -0.2) is 4.39 Å². The number of alkyl halides is 1. The normalized spacial score (nSPS) is 28.1. The van der Waals surface area contributed by atoms with Gasteiger partial charge >= 0.3 is 6.01 Å². The fraction of sp³-hybridized carbons (Fsp3) is 0.533. The number of hydrogen-bond acceptors (Lipinski definition) is 6. The number of hydrogen-bond donors (Lipinski definition) is 1. The first-order chi connectivity index (χ1) is 10.7. The van der Waals surface area contributed by atoms with Crippen LogP contribution in [0.5, 0.6) is 11.9 Å². The molecule has 0 radical (unpaired) electrons. The van der Waals surface area contributed by atoms with Crippen molar-refractivity contribution < 1.29 is 14.2 Å². The van der Waals surface area contributed by atoms with Gasteiger partial charge in [-0.15, -0.1) is 0 Å². The van der Waals surface area contributed by atoms with Crippen molar-refractivity contribution in [2.24, 2.45) is 0 Å². The highest BCUT2D eigenvalue weighted by atomic mass is 19.1. The van der Waals surface area contributed by atoms with Crippen molar-refractivity contribution in [2.75, 3.05) is 19.7 Å². The number of fused-ring (bicyclic) bond motifs is 2. The van der Waals surface area contributed by atoms with E-state index < -0.39 is 6.17 Å². The van der Waals surface area contributed by atoms with E-state index in [2.05, 4.69) is 19.9 Å². The van der Waals surface area contributed by atoms with Crippen LogP contribution in [0.2, 0.25) is 0 Å². The van der Waals surface area contributed by atoms with E-state index in [4.69, 9.17) is 4.74 Å². The van der Waals surface area contributed by atoms with Crippen molar-refractivity contribution in [1.29, 1.82) is 0 Å². The average molecular weight is 304 g/mol. The number of aromatic hydroxyl groups is 1. The average Bonchev–Trinajstić information content (AvgIpc) is 3.01. The molecule has 0 spiro atoms. The largest absolute Gasteiger partial charge is 0.493 e. The molecule has 2 aliphatic heterocycles. The molecule has 7 heteroatoms. The standard InChI is InChI=1S/C15H17FN4O2/c16-10-6-15(3-1-5-20(15)8-10)9-22-14-18-12-2-4-17-7-11(12)13(21)19-14/h2,4,7,10H,1,3,5-6,8-9H2,(H,18,19,21)/t10-,15+/m1/s1. The van der Waals surface area contributed by atoms with E-state index in [9.17, 15) is 9.50 Å². The van der Waals surface area contributed by atoms with Crippen molar-refractivity contribution in [2.45, 2.75) is 31.0 Å². The summed E-state index contributed by atoms with van der Waals surface area (Å²) in [4.78, 5) is 14.3. The number of aromatic nitrogens is 3. The molecule has 0 aromatic carbocycles. The molecule has 0 bridgehead atoms. The van der Waals surface area contributed by atoms with Crippen molar-refractivity contribution in [3.8, 4) is 11.9 Å². The fourth-order valence-corrected chi connectivity index (χ4v) is 3.65. The Balaban J connectivity index is 1.57. The third-order valence-corrected chi connectivity index (χ3v) is 4.69. The van der Waals surface area contributed by atoms with Gasteiger partial charge in [-0.2, -0.15) is 9.97 Å². The second-order valence-electron chi connectivity index (χ2n) is 6.09. The molecule has 2 aliphatic rings. The molecule has 0 aliphatic carbocycles. The molecule has 0 amide bonds. The molecule has 4 rings (SSSR count). The van der Waals surface area contributed by atoms with Gasteiger partial charge in [0.2, 0.25) is 5.88 Å². The van der Waals surface area contributed by atoms with Gasteiger partial charge in [0.1, 0.15) is 12.8 Å². The van der Waals surface area contributed by atoms with Gasteiger partial charge in [0.25, 0.3) is 0 Å². The molecule has 4 heterocycles. The van der Waals surface area contributed by atoms with Crippen molar-refractivity contribution in [3.63, 3.8) is 0 Å². The second-order valence-corrected chi connectivity index (χ2v) is 6.09. The Morgan fingerprint density at radius 1 is 1.45 bits per heavy atom. The van der Waals surface area contributed by atoms with Crippen molar-refractivity contribution in [1.82, 2.24) is 19.9 Å². The zero-order chi connectivity index (χ0) is 15.2. The molecule has 2 aromatic heterocycles. The highest BCUT2D eigenvalue weighted by molar-refractivity contribution is 5.82. The third kappa shape index (κ3) is 2.16. The zero-order valence-electron chi connectivity index (χ0n) is 12.1. The Bertz CT molecular complexity index is 713. The van der Waals surface area contributed by atoms with Gasteiger partial charge in [-0.3, -0.25) is 9.88 Å². The van der Waals surface area contributed by atoms with Crippen LogP contribution in [0.4, 0.5) is 4.39 Å². The first kappa shape index (κ1) is 13.6. The van der Waals surface area contributed by atoms with Crippen molar-refractivity contribution >= 4 is 10.9 Å². The zero-order valence-corrected chi connectivity index (χ0v) is 12.1. The number of halogens is 1. The highest BCUT2D eigenvalue weighted by Crippen LogP contribution is 2.40. The lowest BCUT2D eigenvalue weighted by atomic mass is 9.95. The molecule has 22 heavy (non-hydrogen) atoms. The summed E-state index contributed by atoms with van der Waals surface area (Å²) in [6.07, 6.45) is 4.80. The highest BCUT2D eigenvalue weighted by Gasteiger charge is 2.49. The minimum atomic E-state index is -0.791. The summed E-state index contributed by atoms with van der Waals surface area (Å²) >= 11 is 0. The Kier molecular flexibility index (Phi) is 3.11. The van der Waals surface area contributed by atoms with Crippen LogP contribution in [0, 0.1) is 0 Å². The molecule has 2 saturated heterocycles. The van der Waals surface area contributed by atoms with Crippen LogP contribution in [0.25, 0.3) is 10.9 Å². The summed E-state index contributed by atoms with van der Waals surface area (Å²) in [5.74, 6) is -0.149. The van der Waals surface area contributed by atoms with Gasteiger partial charge in [0, 0.05) is 25.4 Å². The van der Waals surface area contributed by atoms with Crippen LogP contribution < -0.4 is 4.74 Å². The van der Waals surface area contributed by atoms with E-state index in [1.165, 1.54) is 6.20 Å². The SMILES string of the molecule is Oc1nc(OC[C@@]23CCCN2C[C@H](F)C3)nc2ccncc12. The molecule has 0 unspecified atom stereocenters. The molecular formula is C15H17FN4O2. The van der Waals surface area contributed by atoms with Crippen LogP contribution in [0.1, 0.15) is 19.3 Å². The first-order valence-electron chi connectivity index (χ1n) is 7.49. The molecule has 2 aromatic rings. The van der Waals surface area contributed by atoms with E-state index in [1.807, 2.05) is 0 Å². The predicted octanol–water partition coefficient (Wildman–Crippen LogP) is 1.69. The second kappa shape index (κ2) is 5.01. The summed E-state index contributed by atoms with van der Waals surface area (Å²) in [5, 5.41) is 10.4. The Morgan fingerprint density at radius 2 is 2.36 bits per heavy atom. The minimum absolute atomic E-state index is 0.125. The summed E-state index contributed by atoms with van der Waals surface area (Å²) in [7, 11) is 0. The molecule has 1 N–H and O–H groups in total. The summed E-state index contributed by atoms with van der Waals surface area (Å²) < 4.78 is 19.4. The quantitative estimate of drug-likeness (QED) is 0.930. The Labute approximate surface area is 127 Å². The summed E-state index contributed by atoms with van der Waals surface area (Å²) in [6, 6.07) is 1.82. The van der Waals surface area contributed by atoms with E-state index in [0.29, 0.717) is 30.5 Å². The Morgan fingerprint density at radius 3 is 3.27 bits per heavy atom. The lowest BCUT2D eigenvalue weighted by Gasteiger charge is -2.30. The van der Waals surface area contributed by atoms with E-state index >= 15 is 0 Å². The van der Waals surface area contributed by atoms with Gasteiger partial charge < -0.3 is 9.84 Å². The number of nitrogens with zero attached hydrogens (tertiary/aromatic N) is 4. The molecule has 116 valence electrons. The lowest BCUT2D eigenvalue weighted by Crippen LogP contribution is -2.43. The van der Waals surface area contributed by atoms with Crippen LogP contribution >= 0.6 is 0 Å². The van der Waals surface area contributed by atoms with Gasteiger partial charge in [-0.05, 0) is 25.5 Å². The van der Waals surface area contributed by atoms with Gasteiger partial charge in [0.05, 0.1) is 16.4 Å². The monoisotopic (exact) mass is 304 g/mol. The maximum Gasteiger partial charge on any atom is 0.320 e. The molecular weight excluding hydrogens is 287 g/mol. The number of pyridine rings is 1. The maximum atomic E-state index is 13.7. The van der Waals surface area contributed by atoms with Gasteiger partial charge in [-0.1, -0.05) is 0 Å². The molecule has 2 atom stereocenters. The Hall–Kier alpha value is -2.02. The van der Waals surface area contributed by atoms with Crippen molar-refractivity contribution in [3.05, 3.63) is 18.5 Å². The number of rotatable bonds is 3. The lowest BCUT2D eigenvalue weighted by molar-refractivity contribution is 0.107. The first-order valence-corrected chi connectivity index (χ1v) is 7.49. The maximum absolute atomic E-state index is 13.7. The van der Waals surface area contributed by atoms with E-state index in [0.717, 1.165) is 19.4 Å². The van der Waals surface area contributed by atoms with Crippen LogP contribution in [-0.2, 0) is 0 Å². The van der Waals surface area contributed by atoms with Crippen LogP contribution in [0.15, 0.2) is 18.5 Å². The van der Waals surface area contributed by atoms with E-state index in [1.54, 1.807) is 12.3 Å². The summed E-state index contributed by atoms with van der Waals surface area (Å²) in [5.41, 5.74) is 0.332. The number of ether oxygens (including phenoxy) is 1. The predicted molar refractivity (Wildman–Crippen MR) is 77.5 cm³/mol. The van der Waals surface area contributed by atoms with Crippen LogP contribution in [-0.4, -0.2) is 56.4 Å².